The Kier molecular flexibility index (Phi) is 4.87. The van der Waals surface area contributed by atoms with Crippen LogP contribution in [-0.2, 0) is 22.3 Å². The van der Waals surface area contributed by atoms with Crippen LogP contribution in [0.3, 0.4) is 0 Å². The van der Waals surface area contributed by atoms with E-state index in [1.807, 2.05) is 0 Å². The van der Waals surface area contributed by atoms with Crippen molar-refractivity contribution in [3.05, 3.63) is 65.8 Å². The van der Waals surface area contributed by atoms with Crippen molar-refractivity contribution < 1.29 is 31.5 Å². The third-order valence-electron chi connectivity index (χ3n) is 3.16. The van der Waals surface area contributed by atoms with Gasteiger partial charge < -0.3 is 13.6 Å². The lowest BCUT2D eigenvalue weighted by molar-refractivity contribution is -0.139. The number of hydrogen-bond donors (Lipinski definition) is 0. The molecule has 1 aromatic carbocycles. The Balaban J connectivity index is 1.57. The first kappa shape index (κ1) is 17.5. The van der Waals surface area contributed by atoms with Gasteiger partial charge >= 0.3 is 12.1 Å². The molecule has 0 unspecified atom stereocenters. The van der Waals surface area contributed by atoms with Crippen LogP contribution >= 0.6 is 0 Å². The number of halogens is 3. The number of aromatic nitrogens is 2. The molecule has 0 saturated carbocycles. The van der Waals surface area contributed by atoms with E-state index in [1.165, 1.54) is 24.5 Å². The van der Waals surface area contributed by atoms with Crippen molar-refractivity contribution in [2.75, 3.05) is 0 Å². The molecule has 0 bridgehead atoms. The maximum Gasteiger partial charge on any atom is 0.416 e. The van der Waals surface area contributed by atoms with Gasteiger partial charge in [0.1, 0.15) is 0 Å². The number of benzene rings is 1. The predicted molar refractivity (Wildman–Crippen MR) is 82.3 cm³/mol. The maximum atomic E-state index is 12.6. The number of rotatable bonds is 5. The normalized spacial score (nSPS) is 11.8. The number of carbonyl (C=O) groups excluding carboxylic acids is 1. The van der Waals surface area contributed by atoms with Gasteiger partial charge in [-0.3, -0.25) is 0 Å². The fourth-order valence-electron chi connectivity index (χ4n) is 1.98. The van der Waals surface area contributed by atoms with Crippen LogP contribution in [0.25, 0.3) is 17.7 Å². The molecule has 0 fully saturated rings. The van der Waals surface area contributed by atoms with Gasteiger partial charge in [0, 0.05) is 6.08 Å². The number of nitrogens with zero attached hydrogens (tertiary/aromatic N) is 2. The summed E-state index contributed by atoms with van der Waals surface area (Å²) in [6.07, 6.45) is -0.773. The minimum atomic E-state index is -4.45. The topological polar surface area (TPSA) is 78.4 Å². The van der Waals surface area contributed by atoms with Crippen LogP contribution < -0.4 is 0 Å². The molecule has 26 heavy (non-hydrogen) atoms. The molecule has 9 heteroatoms. The Bertz CT molecular complexity index is 914. The SMILES string of the molecule is O=C(/C=C/c1cccc(C(F)(F)F)c1)OCc1nnc(-c2ccco2)o1. The molecule has 3 rings (SSSR count). The van der Waals surface area contributed by atoms with E-state index >= 15 is 0 Å². The molecule has 0 aliphatic carbocycles. The van der Waals surface area contributed by atoms with Crippen molar-refractivity contribution in [3.63, 3.8) is 0 Å². The lowest BCUT2D eigenvalue weighted by atomic mass is 10.1. The molecular weight excluding hydrogens is 353 g/mol. The average Bonchev–Trinajstić information content (AvgIpc) is 3.29. The Morgan fingerprint density at radius 3 is 2.77 bits per heavy atom. The summed E-state index contributed by atoms with van der Waals surface area (Å²) < 4.78 is 53.1. The summed E-state index contributed by atoms with van der Waals surface area (Å²) in [4.78, 5) is 11.7. The zero-order valence-corrected chi connectivity index (χ0v) is 13.1. The maximum absolute atomic E-state index is 12.6. The van der Waals surface area contributed by atoms with Crippen LogP contribution in [-0.4, -0.2) is 16.2 Å². The summed E-state index contributed by atoms with van der Waals surface area (Å²) >= 11 is 0. The van der Waals surface area contributed by atoms with E-state index < -0.39 is 17.7 Å². The molecule has 6 nitrogen and oxygen atoms in total. The molecule has 0 saturated heterocycles. The lowest BCUT2D eigenvalue weighted by Crippen LogP contribution is -2.04. The summed E-state index contributed by atoms with van der Waals surface area (Å²) in [5.74, 6) is -0.197. The highest BCUT2D eigenvalue weighted by molar-refractivity contribution is 5.87. The summed E-state index contributed by atoms with van der Waals surface area (Å²) in [5.41, 5.74) is -0.584. The van der Waals surface area contributed by atoms with Crippen LogP contribution in [0.2, 0.25) is 0 Å². The lowest BCUT2D eigenvalue weighted by Gasteiger charge is -2.06. The summed E-state index contributed by atoms with van der Waals surface area (Å²) in [6.45, 7) is -0.278. The van der Waals surface area contributed by atoms with E-state index in [0.29, 0.717) is 5.76 Å². The minimum Gasteiger partial charge on any atom is -0.459 e. The molecule has 134 valence electrons. The average molecular weight is 364 g/mol. The number of hydrogen-bond acceptors (Lipinski definition) is 6. The van der Waals surface area contributed by atoms with Crippen molar-refractivity contribution in [2.24, 2.45) is 0 Å². The third kappa shape index (κ3) is 4.38. The third-order valence-corrected chi connectivity index (χ3v) is 3.16. The summed E-state index contributed by atoms with van der Waals surface area (Å²) in [6, 6.07) is 7.84. The predicted octanol–water partition coefficient (Wildman–Crippen LogP) is 4.11. The second-order valence-corrected chi connectivity index (χ2v) is 5.04. The van der Waals surface area contributed by atoms with Gasteiger partial charge in [-0.05, 0) is 35.9 Å². The fourth-order valence-corrected chi connectivity index (χ4v) is 1.98. The van der Waals surface area contributed by atoms with Gasteiger partial charge in [-0.1, -0.05) is 12.1 Å². The molecule has 0 aliphatic rings. The first-order valence-corrected chi connectivity index (χ1v) is 7.30. The van der Waals surface area contributed by atoms with Crippen LogP contribution in [0.1, 0.15) is 17.0 Å². The molecule has 0 atom stereocenters. The molecule has 0 amide bonds. The minimum absolute atomic E-state index is 0.0530. The Labute approximate surface area is 144 Å². The van der Waals surface area contributed by atoms with Crippen molar-refractivity contribution in [1.82, 2.24) is 10.2 Å². The van der Waals surface area contributed by atoms with Crippen molar-refractivity contribution >= 4 is 12.0 Å². The van der Waals surface area contributed by atoms with Crippen molar-refractivity contribution in [1.29, 1.82) is 0 Å². The highest BCUT2D eigenvalue weighted by Gasteiger charge is 2.30. The van der Waals surface area contributed by atoms with E-state index in [1.54, 1.807) is 12.1 Å². The molecular formula is C17H11F3N2O4. The highest BCUT2D eigenvalue weighted by Crippen LogP contribution is 2.29. The molecule has 2 heterocycles. The van der Waals surface area contributed by atoms with Gasteiger partial charge in [-0.15, -0.1) is 10.2 Å². The fraction of sp³-hybridized carbons (Fsp3) is 0.118. The van der Waals surface area contributed by atoms with Crippen molar-refractivity contribution in [2.45, 2.75) is 12.8 Å². The van der Waals surface area contributed by atoms with Gasteiger partial charge in [-0.25, -0.2) is 4.79 Å². The number of alkyl halides is 3. The van der Waals surface area contributed by atoms with E-state index in [0.717, 1.165) is 18.2 Å². The summed E-state index contributed by atoms with van der Waals surface area (Å²) in [5, 5.41) is 7.43. The van der Waals surface area contributed by atoms with Gasteiger partial charge in [0.2, 0.25) is 0 Å². The van der Waals surface area contributed by atoms with Crippen LogP contribution in [0.15, 0.2) is 57.6 Å². The van der Waals surface area contributed by atoms with Gasteiger partial charge in [0.05, 0.1) is 11.8 Å². The van der Waals surface area contributed by atoms with Gasteiger partial charge in [0.15, 0.2) is 12.4 Å². The Morgan fingerprint density at radius 2 is 2.04 bits per heavy atom. The standard InChI is InChI=1S/C17H11F3N2O4/c18-17(19,20)12-4-1-3-11(9-12)6-7-15(23)25-10-14-21-22-16(26-14)13-5-2-8-24-13/h1-9H,10H2/b7-6+. The van der Waals surface area contributed by atoms with Gasteiger partial charge in [-0.2, -0.15) is 13.2 Å². The molecule has 0 spiro atoms. The number of ether oxygens (including phenoxy) is 1. The zero-order chi connectivity index (χ0) is 18.6. The smallest absolute Gasteiger partial charge is 0.416 e. The van der Waals surface area contributed by atoms with E-state index in [2.05, 4.69) is 10.2 Å². The van der Waals surface area contributed by atoms with Crippen molar-refractivity contribution in [3.8, 4) is 11.7 Å². The Morgan fingerprint density at radius 1 is 1.19 bits per heavy atom. The molecule has 0 radical (unpaired) electrons. The zero-order valence-electron chi connectivity index (χ0n) is 13.1. The number of carbonyl (C=O) groups is 1. The quantitative estimate of drug-likeness (QED) is 0.501. The highest BCUT2D eigenvalue weighted by atomic mass is 19.4. The number of furan rings is 1. The first-order chi connectivity index (χ1) is 12.4. The van der Waals surface area contributed by atoms with Gasteiger partial charge in [0.25, 0.3) is 11.8 Å². The summed E-state index contributed by atoms with van der Waals surface area (Å²) in [7, 11) is 0. The Hall–Kier alpha value is -3.36. The van der Waals surface area contributed by atoms with Crippen LogP contribution in [0.4, 0.5) is 13.2 Å². The van der Waals surface area contributed by atoms with E-state index in [9.17, 15) is 18.0 Å². The number of esters is 1. The molecule has 3 aromatic rings. The van der Waals surface area contributed by atoms with E-state index in [-0.39, 0.29) is 24.0 Å². The largest absolute Gasteiger partial charge is 0.459 e. The molecule has 0 N–H and O–H groups in total. The monoisotopic (exact) mass is 364 g/mol. The molecule has 0 aliphatic heterocycles. The van der Waals surface area contributed by atoms with E-state index in [4.69, 9.17) is 13.6 Å². The molecule has 2 aromatic heterocycles. The van der Waals surface area contributed by atoms with Crippen LogP contribution in [0.5, 0.6) is 0 Å². The second kappa shape index (κ2) is 7.26. The second-order valence-electron chi connectivity index (χ2n) is 5.04. The first-order valence-electron chi connectivity index (χ1n) is 7.30. The van der Waals surface area contributed by atoms with Crippen LogP contribution in [0, 0.1) is 0 Å².